The Morgan fingerprint density at radius 3 is 2.62 bits per heavy atom. The largest absolute Gasteiger partial charge is 0.303 e. The molecular weight excluding hydrogens is 314 g/mol. The highest BCUT2D eigenvalue weighted by Gasteiger charge is 2.38. The SMILES string of the molecule is C/C=C\C(C)=C1\C=C(C)C(C(C)CCCN2CCC3CC3CC2)=CC1C. The molecule has 1 heterocycles. The molecule has 3 rings (SSSR count). The minimum absolute atomic E-state index is 0.532. The van der Waals surface area contributed by atoms with Gasteiger partial charge in [-0.15, -0.1) is 0 Å². The average molecular weight is 354 g/mol. The normalized spacial score (nSPS) is 32.6. The highest BCUT2D eigenvalue weighted by molar-refractivity contribution is 5.48. The molecule has 0 amide bonds. The van der Waals surface area contributed by atoms with Gasteiger partial charge in [0.25, 0.3) is 0 Å². The third kappa shape index (κ3) is 4.80. The fourth-order valence-electron chi connectivity index (χ4n) is 5.14. The van der Waals surface area contributed by atoms with Crippen LogP contribution in [0.3, 0.4) is 0 Å². The Balaban J connectivity index is 1.51. The maximum Gasteiger partial charge on any atom is -0.000170 e. The lowest BCUT2D eigenvalue weighted by Crippen LogP contribution is -2.27. The van der Waals surface area contributed by atoms with Crippen LogP contribution in [0, 0.1) is 23.7 Å². The predicted octanol–water partition coefficient (Wildman–Crippen LogP) is 6.55. The summed E-state index contributed by atoms with van der Waals surface area (Å²) in [5.41, 5.74) is 5.96. The van der Waals surface area contributed by atoms with Crippen LogP contribution in [0.15, 0.2) is 46.6 Å². The van der Waals surface area contributed by atoms with Gasteiger partial charge >= 0.3 is 0 Å². The summed E-state index contributed by atoms with van der Waals surface area (Å²) in [6.07, 6.45) is 16.5. The van der Waals surface area contributed by atoms with Crippen molar-refractivity contribution in [2.75, 3.05) is 19.6 Å². The molecule has 0 radical (unpaired) electrons. The van der Waals surface area contributed by atoms with E-state index in [9.17, 15) is 0 Å². The first-order valence-corrected chi connectivity index (χ1v) is 11.0. The summed E-state index contributed by atoms with van der Waals surface area (Å²) < 4.78 is 0. The molecular formula is C25H39N. The molecule has 1 heteroatoms. The second-order valence-corrected chi connectivity index (χ2v) is 9.09. The highest BCUT2D eigenvalue weighted by atomic mass is 15.1. The maximum atomic E-state index is 2.74. The smallest absolute Gasteiger partial charge is 0.000170 e. The number of allylic oxidation sites excluding steroid dienone is 8. The summed E-state index contributed by atoms with van der Waals surface area (Å²) in [4.78, 5) is 2.74. The second kappa shape index (κ2) is 8.74. The van der Waals surface area contributed by atoms with Crippen molar-refractivity contribution in [3.05, 3.63) is 46.6 Å². The van der Waals surface area contributed by atoms with E-state index in [0.29, 0.717) is 11.8 Å². The molecule has 0 bridgehead atoms. The van der Waals surface area contributed by atoms with Crippen molar-refractivity contribution >= 4 is 0 Å². The lowest BCUT2D eigenvalue weighted by atomic mass is 9.80. The highest BCUT2D eigenvalue weighted by Crippen LogP contribution is 2.45. The van der Waals surface area contributed by atoms with Gasteiger partial charge in [0.05, 0.1) is 0 Å². The molecule has 1 saturated carbocycles. The van der Waals surface area contributed by atoms with E-state index in [1.54, 1.807) is 5.57 Å². The lowest BCUT2D eigenvalue weighted by Gasteiger charge is -2.26. The standard InChI is InChI=1S/C25H39N/c1-6-8-18(2)24-15-21(5)25(16-20(24)4)19(3)9-7-12-26-13-10-22-17-23(22)11-14-26/h6,8,15-16,19-20,22-23H,7,9-14,17H2,1-5H3/b8-6-,24-18-. The monoisotopic (exact) mass is 353 g/mol. The van der Waals surface area contributed by atoms with Crippen LogP contribution in [0.2, 0.25) is 0 Å². The van der Waals surface area contributed by atoms with Crippen LogP contribution in [-0.4, -0.2) is 24.5 Å². The first-order chi connectivity index (χ1) is 12.5. The third-order valence-electron chi connectivity index (χ3n) is 6.96. The zero-order chi connectivity index (χ0) is 18.7. The molecule has 1 aliphatic heterocycles. The molecule has 0 aromatic heterocycles. The molecule has 0 N–H and O–H groups in total. The van der Waals surface area contributed by atoms with E-state index in [4.69, 9.17) is 0 Å². The van der Waals surface area contributed by atoms with E-state index in [-0.39, 0.29) is 0 Å². The van der Waals surface area contributed by atoms with E-state index in [2.05, 4.69) is 63.8 Å². The van der Waals surface area contributed by atoms with Gasteiger partial charge in [0.2, 0.25) is 0 Å². The Bertz CT molecular complexity index is 606. The summed E-state index contributed by atoms with van der Waals surface area (Å²) in [6.45, 7) is 15.4. The number of rotatable bonds is 6. The average Bonchev–Trinajstić information content (AvgIpc) is 3.37. The number of hydrogen-bond donors (Lipinski definition) is 0. The van der Waals surface area contributed by atoms with Crippen LogP contribution in [0.5, 0.6) is 0 Å². The van der Waals surface area contributed by atoms with Crippen LogP contribution in [0.1, 0.15) is 66.7 Å². The molecule has 1 saturated heterocycles. The molecule has 0 aromatic rings. The Labute approximate surface area is 161 Å². The number of fused-ring (bicyclic) bond motifs is 1. The van der Waals surface area contributed by atoms with Gasteiger partial charge in [0.1, 0.15) is 0 Å². The van der Waals surface area contributed by atoms with Crippen molar-refractivity contribution in [1.82, 2.24) is 4.90 Å². The number of nitrogens with zero attached hydrogens (tertiary/aromatic N) is 1. The van der Waals surface area contributed by atoms with E-state index in [1.807, 2.05) is 0 Å². The third-order valence-corrected chi connectivity index (χ3v) is 6.96. The van der Waals surface area contributed by atoms with E-state index in [0.717, 1.165) is 11.8 Å². The first kappa shape index (κ1) is 19.7. The van der Waals surface area contributed by atoms with Crippen LogP contribution < -0.4 is 0 Å². The molecule has 3 aliphatic rings. The van der Waals surface area contributed by atoms with Gasteiger partial charge in [-0.2, -0.15) is 0 Å². The van der Waals surface area contributed by atoms with Gasteiger partial charge < -0.3 is 4.90 Å². The van der Waals surface area contributed by atoms with Crippen molar-refractivity contribution in [2.24, 2.45) is 23.7 Å². The number of hydrogen-bond acceptors (Lipinski definition) is 1. The minimum atomic E-state index is 0.532. The van der Waals surface area contributed by atoms with Crippen molar-refractivity contribution in [1.29, 1.82) is 0 Å². The summed E-state index contributed by atoms with van der Waals surface area (Å²) in [7, 11) is 0. The van der Waals surface area contributed by atoms with Gasteiger partial charge in [-0.3, -0.25) is 0 Å². The van der Waals surface area contributed by atoms with Crippen molar-refractivity contribution in [3.8, 4) is 0 Å². The van der Waals surface area contributed by atoms with Crippen LogP contribution in [-0.2, 0) is 0 Å². The maximum absolute atomic E-state index is 2.74. The first-order valence-electron chi connectivity index (χ1n) is 11.0. The van der Waals surface area contributed by atoms with Gasteiger partial charge in [0, 0.05) is 0 Å². The Morgan fingerprint density at radius 1 is 1.27 bits per heavy atom. The molecule has 0 aromatic carbocycles. The van der Waals surface area contributed by atoms with Crippen LogP contribution in [0.4, 0.5) is 0 Å². The quantitative estimate of drug-likeness (QED) is 0.523. The molecule has 26 heavy (non-hydrogen) atoms. The van der Waals surface area contributed by atoms with Gasteiger partial charge in [-0.1, -0.05) is 38.2 Å². The second-order valence-electron chi connectivity index (χ2n) is 9.09. The van der Waals surface area contributed by atoms with E-state index in [1.165, 1.54) is 68.5 Å². The Morgan fingerprint density at radius 2 is 1.96 bits per heavy atom. The molecule has 144 valence electrons. The Kier molecular flexibility index (Phi) is 6.61. The molecule has 4 unspecified atom stereocenters. The van der Waals surface area contributed by atoms with Crippen LogP contribution >= 0.6 is 0 Å². The zero-order valence-electron chi connectivity index (χ0n) is 17.7. The Hall–Kier alpha value is -1.08. The molecule has 0 spiro atoms. The summed E-state index contributed by atoms with van der Waals surface area (Å²) >= 11 is 0. The molecule has 1 nitrogen and oxygen atoms in total. The van der Waals surface area contributed by atoms with Crippen molar-refractivity contribution in [3.63, 3.8) is 0 Å². The van der Waals surface area contributed by atoms with Crippen molar-refractivity contribution < 1.29 is 0 Å². The molecule has 2 fully saturated rings. The number of likely N-dealkylation sites (tertiary alicyclic amines) is 1. The van der Waals surface area contributed by atoms with Gasteiger partial charge in [-0.05, 0) is 118 Å². The summed E-state index contributed by atoms with van der Waals surface area (Å²) in [5.74, 6) is 3.39. The van der Waals surface area contributed by atoms with Gasteiger partial charge in [-0.25, -0.2) is 0 Å². The summed E-state index contributed by atoms with van der Waals surface area (Å²) in [6, 6.07) is 0. The lowest BCUT2D eigenvalue weighted by molar-refractivity contribution is 0.265. The van der Waals surface area contributed by atoms with Crippen LogP contribution in [0.25, 0.3) is 0 Å². The van der Waals surface area contributed by atoms with Gasteiger partial charge in [0.15, 0.2) is 0 Å². The zero-order valence-corrected chi connectivity index (χ0v) is 17.7. The molecule has 4 atom stereocenters. The van der Waals surface area contributed by atoms with E-state index >= 15 is 0 Å². The van der Waals surface area contributed by atoms with E-state index < -0.39 is 0 Å². The topological polar surface area (TPSA) is 3.24 Å². The fourth-order valence-corrected chi connectivity index (χ4v) is 5.14. The predicted molar refractivity (Wildman–Crippen MR) is 114 cm³/mol. The minimum Gasteiger partial charge on any atom is -0.303 e. The summed E-state index contributed by atoms with van der Waals surface area (Å²) in [5, 5.41) is 0. The molecule has 2 aliphatic carbocycles. The van der Waals surface area contributed by atoms with Crippen molar-refractivity contribution in [2.45, 2.75) is 66.7 Å². The fraction of sp³-hybridized carbons (Fsp3) is 0.680.